The zero-order valence-electron chi connectivity index (χ0n) is 11.8. The molecule has 1 aromatic carbocycles. The third-order valence-electron chi connectivity index (χ3n) is 3.84. The first-order valence-corrected chi connectivity index (χ1v) is 8.01. The van der Waals surface area contributed by atoms with E-state index in [1.54, 1.807) is 11.8 Å². The minimum Gasteiger partial charge on any atom is -0.481 e. The quantitative estimate of drug-likeness (QED) is 0.851. The summed E-state index contributed by atoms with van der Waals surface area (Å²) in [5.41, 5.74) is 3.33. The summed E-state index contributed by atoms with van der Waals surface area (Å²) in [6.45, 7) is 1.97. The van der Waals surface area contributed by atoms with E-state index in [0.29, 0.717) is 0 Å². The zero-order chi connectivity index (χ0) is 14.8. The molecule has 0 bridgehead atoms. The first-order chi connectivity index (χ1) is 10.1. The Kier molecular flexibility index (Phi) is 3.97. The molecule has 1 aliphatic carbocycles. The molecule has 21 heavy (non-hydrogen) atoms. The summed E-state index contributed by atoms with van der Waals surface area (Å²) >= 11 is 1.71. The second-order valence-electron chi connectivity index (χ2n) is 5.39. The summed E-state index contributed by atoms with van der Waals surface area (Å²) in [5, 5.41) is 10.0. The number of pyridine rings is 1. The molecule has 0 radical (unpaired) electrons. The van der Waals surface area contributed by atoms with Gasteiger partial charge in [-0.3, -0.25) is 4.79 Å². The van der Waals surface area contributed by atoms with E-state index >= 15 is 0 Å². The molecule has 2 aromatic rings. The van der Waals surface area contributed by atoms with Gasteiger partial charge in [0, 0.05) is 11.4 Å². The number of carbonyl (C=O) groups is 1. The summed E-state index contributed by atoms with van der Waals surface area (Å²) < 4.78 is 0. The van der Waals surface area contributed by atoms with Gasteiger partial charge in [0.15, 0.2) is 0 Å². The molecular weight excluding hydrogens is 282 g/mol. The van der Waals surface area contributed by atoms with E-state index < -0.39 is 5.97 Å². The predicted molar refractivity (Wildman–Crippen MR) is 83.5 cm³/mol. The Morgan fingerprint density at radius 1 is 1.29 bits per heavy atom. The molecule has 1 fully saturated rings. The summed E-state index contributed by atoms with van der Waals surface area (Å²) in [6.07, 6.45) is 0.744. The highest BCUT2D eigenvalue weighted by atomic mass is 32.2. The molecule has 3 rings (SSSR count). The number of aliphatic carboxylic acids is 1. The van der Waals surface area contributed by atoms with Crippen molar-refractivity contribution in [3.63, 3.8) is 0 Å². The SMILES string of the molecule is Cc1nc(SCc2ccccc2)ccc1[C@@H]1C[C@H]1C(=O)O. The van der Waals surface area contributed by atoms with Crippen molar-refractivity contribution in [2.24, 2.45) is 5.92 Å². The Morgan fingerprint density at radius 3 is 2.67 bits per heavy atom. The van der Waals surface area contributed by atoms with Crippen molar-refractivity contribution in [3.8, 4) is 0 Å². The molecule has 1 aliphatic rings. The molecule has 1 saturated carbocycles. The van der Waals surface area contributed by atoms with Gasteiger partial charge in [0.1, 0.15) is 0 Å². The highest BCUT2D eigenvalue weighted by molar-refractivity contribution is 7.98. The molecule has 0 amide bonds. The largest absolute Gasteiger partial charge is 0.481 e. The van der Waals surface area contributed by atoms with Gasteiger partial charge in [-0.1, -0.05) is 36.4 Å². The standard InChI is InChI=1S/C17H17NO2S/c1-11-13(14-9-15(14)17(19)20)7-8-16(18-11)21-10-12-5-3-2-4-6-12/h2-8,14-15H,9-10H2,1H3,(H,19,20)/t14-,15+/m0/s1. The van der Waals surface area contributed by atoms with Gasteiger partial charge in [0.2, 0.25) is 0 Å². The van der Waals surface area contributed by atoms with E-state index in [1.807, 2.05) is 37.3 Å². The van der Waals surface area contributed by atoms with Crippen LogP contribution in [-0.2, 0) is 10.5 Å². The van der Waals surface area contributed by atoms with Crippen molar-refractivity contribution < 1.29 is 9.90 Å². The molecule has 4 heteroatoms. The van der Waals surface area contributed by atoms with Crippen LogP contribution in [0.1, 0.15) is 29.2 Å². The van der Waals surface area contributed by atoms with E-state index in [0.717, 1.165) is 28.5 Å². The van der Waals surface area contributed by atoms with E-state index in [9.17, 15) is 4.79 Å². The molecule has 1 heterocycles. The van der Waals surface area contributed by atoms with Crippen molar-refractivity contribution in [3.05, 3.63) is 59.3 Å². The van der Waals surface area contributed by atoms with Gasteiger partial charge >= 0.3 is 5.97 Å². The van der Waals surface area contributed by atoms with Crippen LogP contribution in [-0.4, -0.2) is 16.1 Å². The average molecular weight is 299 g/mol. The number of hydrogen-bond donors (Lipinski definition) is 1. The van der Waals surface area contributed by atoms with Crippen LogP contribution < -0.4 is 0 Å². The van der Waals surface area contributed by atoms with Crippen molar-refractivity contribution in [1.29, 1.82) is 0 Å². The third-order valence-corrected chi connectivity index (χ3v) is 4.84. The number of carboxylic acid groups (broad SMARTS) is 1. The van der Waals surface area contributed by atoms with E-state index in [-0.39, 0.29) is 11.8 Å². The minimum absolute atomic E-state index is 0.156. The Labute approximate surface area is 128 Å². The molecule has 0 spiro atoms. The van der Waals surface area contributed by atoms with Gasteiger partial charge in [0.25, 0.3) is 0 Å². The third kappa shape index (κ3) is 3.27. The Bertz CT molecular complexity index is 657. The monoisotopic (exact) mass is 299 g/mol. The van der Waals surface area contributed by atoms with E-state index in [2.05, 4.69) is 17.1 Å². The fourth-order valence-corrected chi connectivity index (χ4v) is 3.44. The lowest BCUT2D eigenvalue weighted by atomic mass is 10.1. The average Bonchev–Trinajstić information content (AvgIpc) is 3.27. The number of carboxylic acids is 1. The van der Waals surface area contributed by atoms with Crippen LogP contribution in [0.2, 0.25) is 0 Å². The van der Waals surface area contributed by atoms with Crippen LogP contribution in [0.25, 0.3) is 0 Å². The molecule has 1 aromatic heterocycles. The van der Waals surface area contributed by atoms with Crippen LogP contribution >= 0.6 is 11.8 Å². The summed E-state index contributed by atoms with van der Waals surface area (Å²) in [7, 11) is 0. The smallest absolute Gasteiger partial charge is 0.307 e. The number of hydrogen-bond acceptors (Lipinski definition) is 3. The second kappa shape index (κ2) is 5.90. The first kappa shape index (κ1) is 14.1. The van der Waals surface area contributed by atoms with Crippen molar-refractivity contribution in [2.75, 3.05) is 0 Å². The van der Waals surface area contributed by atoms with Gasteiger partial charge in [-0.15, -0.1) is 11.8 Å². The number of nitrogens with zero attached hydrogens (tertiary/aromatic N) is 1. The second-order valence-corrected chi connectivity index (χ2v) is 6.38. The Morgan fingerprint density at radius 2 is 2.05 bits per heavy atom. The van der Waals surface area contributed by atoms with Crippen LogP contribution in [0.3, 0.4) is 0 Å². The number of rotatable bonds is 5. The van der Waals surface area contributed by atoms with E-state index in [1.165, 1.54) is 5.56 Å². The summed E-state index contributed by atoms with van der Waals surface area (Å²) in [4.78, 5) is 15.6. The normalized spacial score (nSPS) is 20.2. The number of benzene rings is 1. The maximum atomic E-state index is 11.0. The fraction of sp³-hybridized carbons (Fsp3) is 0.294. The van der Waals surface area contributed by atoms with Gasteiger partial charge in [-0.2, -0.15) is 0 Å². The van der Waals surface area contributed by atoms with Gasteiger partial charge in [0.05, 0.1) is 10.9 Å². The maximum Gasteiger partial charge on any atom is 0.307 e. The first-order valence-electron chi connectivity index (χ1n) is 7.02. The van der Waals surface area contributed by atoms with Crippen molar-refractivity contribution >= 4 is 17.7 Å². The van der Waals surface area contributed by atoms with Crippen LogP contribution in [0.5, 0.6) is 0 Å². The Balaban J connectivity index is 1.66. The van der Waals surface area contributed by atoms with Gasteiger partial charge in [-0.25, -0.2) is 4.98 Å². The van der Waals surface area contributed by atoms with Gasteiger partial charge in [-0.05, 0) is 36.5 Å². The lowest BCUT2D eigenvalue weighted by molar-refractivity contribution is -0.138. The highest BCUT2D eigenvalue weighted by Crippen LogP contribution is 2.48. The van der Waals surface area contributed by atoms with Crippen molar-refractivity contribution in [1.82, 2.24) is 4.98 Å². The van der Waals surface area contributed by atoms with Crippen LogP contribution in [0.4, 0.5) is 0 Å². The number of aryl methyl sites for hydroxylation is 1. The van der Waals surface area contributed by atoms with Crippen LogP contribution in [0, 0.1) is 12.8 Å². The number of thioether (sulfide) groups is 1. The van der Waals surface area contributed by atoms with E-state index in [4.69, 9.17) is 5.11 Å². The molecule has 108 valence electrons. The number of aromatic nitrogens is 1. The molecule has 0 saturated heterocycles. The van der Waals surface area contributed by atoms with Crippen LogP contribution in [0.15, 0.2) is 47.5 Å². The molecule has 3 nitrogen and oxygen atoms in total. The molecule has 0 aliphatic heterocycles. The van der Waals surface area contributed by atoms with Gasteiger partial charge < -0.3 is 5.11 Å². The summed E-state index contributed by atoms with van der Waals surface area (Å²) in [6, 6.07) is 14.4. The Hall–Kier alpha value is -1.81. The predicted octanol–water partition coefficient (Wildman–Crippen LogP) is 3.87. The molecular formula is C17H17NO2S. The topological polar surface area (TPSA) is 50.2 Å². The molecule has 2 atom stereocenters. The minimum atomic E-state index is -0.693. The highest BCUT2D eigenvalue weighted by Gasteiger charge is 2.45. The molecule has 0 unspecified atom stereocenters. The lowest BCUT2D eigenvalue weighted by Gasteiger charge is -2.07. The fourth-order valence-electron chi connectivity index (χ4n) is 2.56. The zero-order valence-corrected chi connectivity index (χ0v) is 12.6. The lowest BCUT2D eigenvalue weighted by Crippen LogP contribution is -2.01. The summed E-state index contributed by atoms with van der Waals surface area (Å²) in [5.74, 6) is 0.145. The van der Waals surface area contributed by atoms with Crippen molar-refractivity contribution in [2.45, 2.75) is 30.0 Å². The maximum absolute atomic E-state index is 11.0. The molecule has 1 N–H and O–H groups in total.